The lowest BCUT2D eigenvalue weighted by molar-refractivity contribution is 1.43. The molecule has 0 aromatic heterocycles. The van der Waals surface area contributed by atoms with Crippen molar-refractivity contribution in [2.45, 2.75) is 6.92 Å². The number of hydrogen-bond donors (Lipinski definition) is 2. The molecule has 0 fully saturated rings. The predicted molar refractivity (Wildman–Crippen MR) is 90.8 cm³/mol. The molecule has 0 spiro atoms. The zero-order chi connectivity index (χ0) is 14.7. The fourth-order valence-electron chi connectivity index (χ4n) is 2.34. The van der Waals surface area contributed by atoms with Gasteiger partial charge in [0.1, 0.15) is 0 Å². The molecule has 0 aliphatic rings. The van der Waals surface area contributed by atoms with Crippen molar-refractivity contribution in [1.29, 1.82) is 0 Å². The maximum atomic E-state index is 5.86. The Kier molecular flexibility index (Phi) is 3.61. The van der Waals surface area contributed by atoms with Gasteiger partial charge in [-0.25, -0.2) is 0 Å². The number of anilines is 3. The highest BCUT2D eigenvalue weighted by atomic mass is 14.9. The van der Waals surface area contributed by atoms with Crippen molar-refractivity contribution in [1.82, 2.24) is 0 Å². The Labute approximate surface area is 125 Å². The summed E-state index contributed by atoms with van der Waals surface area (Å²) in [6.07, 6.45) is 0. The molecule has 0 radical (unpaired) electrons. The summed E-state index contributed by atoms with van der Waals surface area (Å²) in [4.78, 5) is 0. The summed E-state index contributed by atoms with van der Waals surface area (Å²) in [5, 5.41) is 3.44. The van der Waals surface area contributed by atoms with Crippen molar-refractivity contribution >= 4 is 17.1 Å². The largest absolute Gasteiger partial charge is 0.399 e. The van der Waals surface area contributed by atoms with E-state index in [2.05, 4.69) is 60.8 Å². The minimum Gasteiger partial charge on any atom is -0.399 e. The minimum atomic E-state index is 0.766. The molecule has 2 heteroatoms. The standard InChI is InChI=1S/C19H18N2/c1-14-10-11-17(20)13-19(14)21-18-9-5-8-16(12-18)15-6-3-2-4-7-15/h2-13,21H,20H2,1H3. The number of nitrogens with two attached hydrogens (primary N) is 1. The van der Waals surface area contributed by atoms with E-state index in [0.29, 0.717) is 0 Å². The van der Waals surface area contributed by atoms with E-state index in [1.54, 1.807) is 0 Å². The molecule has 0 heterocycles. The monoisotopic (exact) mass is 274 g/mol. The molecule has 0 bridgehead atoms. The highest BCUT2D eigenvalue weighted by Gasteiger charge is 2.02. The van der Waals surface area contributed by atoms with Crippen molar-refractivity contribution in [3.8, 4) is 11.1 Å². The second-order valence-electron chi connectivity index (χ2n) is 5.15. The van der Waals surface area contributed by atoms with E-state index in [0.717, 1.165) is 17.1 Å². The quantitative estimate of drug-likeness (QED) is 0.660. The summed E-state index contributed by atoms with van der Waals surface area (Å²) >= 11 is 0. The molecule has 0 saturated carbocycles. The lowest BCUT2D eigenvalue weighted by atomic mass is 10.1. The van der Waals surface area contributed by atoms with Crippen LogP contribution in [0.1, 0.15) is 5.56 Å². The van der Waals surface area contributed by atoms with Gasteiger partial charge in [-0.1, -0.05) is 48.5 Å². The zero-order valence-electron chi connectivity index (χ0n) is 12.0. The van der Waals surface area contributed by atoms with E-state index in [1.807, 2.05) is 24.3 Å². The molecule has 0 saturated heterocycles. The SMILES string of the molecule is Cc1ccc(N)cc1Nc1cccc(-c2ccccc2)c1. The van der Waals surface area contributed by atoms with Crippen molar-refractivity contribution in [3.63, 3.8) is 0 Å². The Morgan fingerprint density at radius 1 is 0.762 bits per heavy atom. The summed E-state index contributed by atoms with van der Waals surface area (Å²) in [6, 6.07) is 24.7. The van der Waals surface area contributed by atoms with Crippen molar-refractivity contribution in [2.75, 3.05) is 11.1 Å². The van der Waals surface area contributed by atoms with Crippen molar-refractivity contribution < 1.29 is 0 Å². The molecule has 3 N–H and O–H groups in total. The Morgan fingerprint density at radius 2 is 1.52 bits per heavy atom. The molecule has 21 heavy (non-hydrogen) atoms. The Morgan fingerprint density at radius 3 is 2.33 bits per heavy atom. The van der Waals surface area contributed by atoms with E-state index >= 15 is 0 Å². The number of rotatable bonds is 3. The van der Waals surface area contributed by atoms with Gasteiger partial charge in [0.15, 0.2) is 0 Å². The molecule has 0 amide bonds. The maximum absolute atomic E-state index is 5.86. The van der Waals surface area contributed by atoms with Gasteiger partial charge in [0.05, 0.1) is 0 Å². The zero-order valence-corrected chi connectivity index (χ0v) is 12.0. The molecule has 0 unspecified atom stereocenters. The molecule has 3 aromatic rings. The van der Waals surface area contributed by atoms with Gasteiger partial charge in [-0.2, -0.15) is 0 Å². The van der Waals surface area contributed by atoms with Crippen LogP contribution >= 0.6 is 0 Å². The van der Waals surface area contributed by atoms with Gasteiger partial charge in [0.25, 0.3) is 0 Å². The Hall–Kier alpha value is -2.74. The number of aryl methyl sites for hydroxylation is 1. The van der Waals surface area contributed by atoms with Crippen LogP contribution in [0.3, 0.4) is 0 Å². The average Bonchev–Trinajstić information content (AvgIpc) is 2.52. The van der Waals surface area contributed by atoms with E-state index in [1.165, 1.54) is 16.7 Å². The minimum absolute atomic E-state index is 0.766. The van der Waals surface area contributed by atoms with Crippen LogP contribution in [0.4, 0.5) is 17.1 Å². The summed E-state index contributed by atoms with van der Waals surface area (Å²) in [5.74, 6) is 0. The topological polar surface area (TPSA) is 38.0 Å². The smallest absolute Gasteiger partial charge is 0.0434 e. The second-order valence-corrected chi connectivity index (χ2v) is 5.15. The second kappa shape index (κ2) is 5.71. The third-order valence-electron chi connectivity index (χ3n) is 3.51. The Balaban J connectivity index is 1.92. The van der Waals surface area contributed by atoms with Crippen LogP contribution in [-0.2, 0) is 0 Å². The lowest BCUT2D eigenvalue weighted by Gasteiger charge is -2.12. The third-order valence-corrected chi connectivity index (χ3v) is 3.51. The van der Waals surface area contributed by atoms with Crippen LogP contribution in [0.25, 0.3) is 11.1 Å². The molecule has 2 nitrogen and oxygen atoms in total. The normalized spacial score (nSPS) is 10.3. The van der Waals surface area contributed by atoms with Crippen LogP contribution in [-0.4, -0.2) is 0 Å². The molecule has 104 valence electrons. The van der Waals surface area contributed by atoms with E-state index in [9.17, 15) is 0 Å². The van der Waals surface area contributed by atoms with Gasteiger partial charge in [0.2, 0.25) is 0 Å². The maximum Gasteiger partial charge on any atom is 0.0434 e. The number of benzene rings is 3. The van der Waals surface area contributed by atoms with Gasteiger partial charge >= 0.3 is 0 Å². The van der Waals surface area contributed by atoms with Crippen LogP contribution in [0.2, 0.25) is 0 Å². The Bertz CT molecular complexity index is 749. The van der Waals surface area contributed by atoms with E-state index < -0.39 is 0 Å². The first-order chi connectivity index (χ1) is 10.2. The van der Waals surface area contributed by atoms with E-state index in [4.69, 9.17) is 5.73 Å². The highest BCUT2D eigenvalue weighted by molar-refractivity contribution is 5.72. The molecule has 3 aromatic carbocycles. The predicted octanol–water partition coefficient (Wildman–Crippen LogP) is 4.99. The van der Waals surface area contributed by atoms with Gasteiger partial charge < -0.3 is 11.1 Å². The molecular formula is C19H18N2. The molecular weight excluding hydrogens is 256 g/mol. The van der Waals surface area contributed by atoms with Gasteiger partial charge in [-0.15, -0.1) is 0 Å². The molecule has 3 rings (SSSR count). The van der Waals surface area contributed by atoms with Crippen LogP contribution in [0.5, 0.6) is 0 Å². The average molecular weight is 274 g/mol. The lowest BCUT2D eigenvalue weighted by Crippen LogP contribution is -1.95. The van der Waals surface area contributed by atoms with Gasteiger partial charge in [-0.05, 0) is 47.9 Å². The first-order valence-corrected chi connectivity index (χ1v) is 7.01. The third kappa shape index (κ3) is 3.06. The summed E-state index contributed by atoms with van der Waals surface area (Å²) < 4.78 is 0. The molecule has 0 atom stereocenters. The molecule has 0 aliphatic carbocycles. The fourth-order valence-corrected chi connectivity index (χ4v) is 2.34. The van der Waals surface area contributed by atoms with Gasteiger partial charge in [0, 0.05) is 17.1 Å². The van der Waals surface area contributed by atoms with Crippen molar-refractivity contribution in [3.05, 3.63) is 78.4 Å². The first kappa shape index (κ1) is 13.3. The highest BCUT2D eigenvalue weighted by Crippen LogP contribution is 2.26. The van der Waals surface area contributed by atoms with Crippen LogP contribution < -0.4 is 11.1 Å². The van der Waals surface area contributed by atoms with Crippen LogP contribution in [0, 0.1) is 6.92 Å². The van der Waals surface area contributed by atoms with Crippen molar-refractivity contribution in [2.24, 2.45) is 0 Å². The van der Waals surface area contributed by atoms with Crippen LogP contribution in [0.15, 0.2) is 72.8 Å². The fraction of sp³-hybridized carbons (Fsp3) is 0.0526. The summed E-state index contributed by atoms with van der Waals surface area (Å²) in [5.41, 5.74) is 12.3. The number of hydrogen-bond acceptors (Lipinski definition) is 2. The summed E-state index contributed by atoms with van der Waals surface area (Å²) in [6.45, 7) is 2.07. The molecule has 0 aliphatic heterocycles. The summed E-state index contributed by atoms with van der Waals surface area (Å²) in [7, 11) is 0. The first-order valence-electron chi connectivity index (χ1n) is 7.01. The van der Waals surface area contributed by atoms with E-state index in [-0.39, 0.29) is 0 Å². The number of nitrogen functional groups attached to an aromatic ring is 1. The number of nitrogens with one attached hydrogen (secondary N) is 1. The van der Waals surface area contributed by atoms with Gasteiger partial charge in [-0.3, -0.25) is 0 Å².